The number of carbonyl (C=O) groups excluding carboxylic acids is 2. The largest absolute Gasteiger partial charge is 0.462 e. The normalized spacial score (nSPS) is 13.8. The average Bonchev–Trinajstić information content (AvgIpc) is 3.28. The number of ether oxygens (including phenoxy) is 1. The van der Waals surface area contributed by atoms with Crippen LogP contribution in [0.25, 0.3) is 0 Å². The van der Waals surface area contributed by atoms with E-state index in [1.54, 1.807) is 0 Å². The number of nitrogens with one attached hydrogen (secondary N) is 1. The molecule has 3 N–H and O–H groups in total. The smallest absolute Gasteiger partial charge is 0.306 e. The van der Waals surface area contributed by atoms with Gasteiger partial charge in [-0.2, -0.15) is 0 Å². The average molecular weight is 880 g/mol. The Morgan fingerprint density at radius 3 is 1.35 bits per heavy atom. The van der Waals surface area contributed by atoms with Gasteiger partial charge in [0.05, 0.1) is 25.2 Å². The fraction of sp³-hybridized carbons (Fsp3) is 0.754. The van der Waals surface area contributed by atoms with E-state index in [4.69, 9.17) is 4.74 Å². The number of aliphatic hydroxyl groups excluding tert-OH is 2. The fourth-order valence-electron chi connectivity index (χ4n) is 7.81. The van der Waals surface area contributed by atoms with Crippen LogP contribution in [0.5, 0.6) is 0 Å². The number of esters is 1. The van der Waals surface area contributed by atoms with Crippen molar-refractivity contribution < 1.29 is 24.5 Å². The lowest BCUT2D eigenvalue weighted by molar-refractivity contribution is -0.151. The molecule has 0 radical (unpaired) electrons. The second-order valence-electron chi connectivity index (χ2n) is 18.0. The molecule has 0 bridgehead atoms. The van der Waals surface area contributed by atoms with Crippen molar-refractivity contribution in [3.63, 3.8) is 0 Å². The molecule has 0 heterocycles. The van der Waals surface area contributed by atoms with E-state index in [9.17, 15) is 19.8 Å². The van der Waals surface area contributed by atoms with Crippen LogP contribution >= 0.6 is 0 Å². The minimum absolute atomic E-state index is 0.0590. The molecule has 0 aromatic rings. The van der Waals surface area contributed by atoms with E-state index in [0.717, 1.165) is 89.9 Å². The molecule has 3 unspecified atom stereocenters. The Morgan fingerprint density at radius 1 is 0.460 bits per heavy atom. The van der Waals surface area contributed by atoms with Crippen molar-refractivity contribution in [2.24, 2.45) is 0 Å². The number of unbranched alkanes of at least 4 members (excludes halogenated alkanes) is 27. The van der Waals surface area contributed by atoms with Gasteiger partial charge in [-0.3, -0.25) is 9.59 Å². The third kappa shape index (κ3) is 45.7. The van der Waals surface area contributed by atoms with E-state index in [-0.39, 0.29) is 24.9 Å². The van der Waals surface area contributed by atoms with Crippen molar-refractivity contribution in [1.29, 1.82) is 0 Å². The summed E-state index contributed by atoms with van der Waals surface area (Å²) in [7, 11) is 0. The van der Waals surface area contributed by atoms with Gasteiger partial charge in [-0.15, -0.1) is 0 Å². The Labute approximate surface area is 390 Å². The van der Waals surface area contributed by atoms with Crippen molar-refractivity contribution in [2.45, 2.75) is 270 Å². The van der Waals surface area contributed by atoms with Crippen LogP contribution in [0.2, 0.25) is 0 Å². The minimum Gasteiger partial charge on any atom is -0.462 e. The monoisotopic (exact) mass is 880 g/mol. The van der Waals surface area contributed by atoms with Crippen molar-refractivity contribution >= 4 is 11.9 Å². The minimum atomic E-state index is -0.797. The van der Waals surface area contributed by atoms with Gasteiger partial charge in [0, 0.05) is 6.42 Å². The van der Waals surface area contributed by atoms with E-state index in [1.165, 1.54) is 116 Å². The van der Waals surface area contributed by atoms with Gasteiger partial charge in [-0.25, -0.2) is 0 Å². The molecule has 0 spiro atoms. The zero-order chi connectivity index (χ0) is 45.9. The number of carbonyl (C=O) groups is 2. The molecule has 0 aromatic carbocycles. The van der Waals surface area contributed by atoms with Crippen LogP contribution in [-0.4, -0.2) is 46.9 Å². The molecule has 0 fully saturated rings. The van der Waals surface area contributed by atoms with Gasteiger partial charge in [0.25, 0.3) is 0 Å². The Hall–Kier alpha value is -2.70. The van der Waals surface area contributed by atoms with Gasteiger partial charge in [0.2, 0.25) is 5.91 Å². The van der Waals surface area contributed by atoms with Gasteiger partial charge in [-0.1, -0.05) is 241 Å². The summed E-state index contributed by atoms with van der Waals surface area (Å²) in [4.78, 5) is 26.2. The molecule has 0 aliphatic rings. The number of aliphatic hydroxyl groups is 2. The van der Waals surface area contributed by atoms with E-state index in [2.05, 4.69) is 74.7 Å². The van der Waals surface area contributed by atoms with Crippen LogP contribution in [0.1, 0.15) is 252 Å². The zero-order valence-electron chi connectivity index (χ0n) is 41.4. The quantitative estimate of drug-likeness (QED) is 0.0245. The third-order valence-electron chi connectivity index (χ3n) is 11.9. The molecule has 1 amide bonds. The van der Waals surface area contributed by atoms with Crippen LogP contribution in [0.15, 0.2) is 72.9 Å². The van der Waals surface area contributed by atoms with Gasteiger partial charge >= 0.3 is 5.97 Å². The molecular weight excluding hydrogens is 779 g/mol. The van der Waals surface area contributed by atoms with Gasteiger partial charge in [0.15, 0.2) is 0 Å². The van der Waals surface area contributed by atoms with E-state index in [0.29, 0.717) is 19.3 Å². The molecule has 364 valence electrons. The van der Waals surface area contributed by atoms with E-state index < -0.39 is 18.2 Å². The Kier molecular flexibility index (Phi) is 48.1. The Morgan fingerprint density at radius 2 is 0.857 bits per heavy atom. The van der Waals surface area contributed by atoms with E-state index in [1.807, 2.05) is 24.3 Å². The van der Waals surface area contributed by atoms with Crippen molar-refractivity contribution in [2.75, 3.05) is 6.61 Å². The predicted molar refractivity (Wildman–Crippen MR) is 273 cm³/mol. The molecule has 0 aliphatic heterocycles. The highest BCUT2D eigenvalue weighted by Crippen LogP contribution is 2.18. The lowest BCUT2D eigenvalue weighted by Crippen LogP contribution is -2.46. The van der Waals surface area contributed by atoms with Crippen LogP contribution in [0.3, 0.4) is 0 Å². The van der Waals surface area contributed by atoms with Crippen LogP contribution < -0.4 is 5.32 Å². The molecule has 0 rings (SSSR count). The Bertz CT molecular complexity index is 1170. The van der Waals surface area contributed by atoms with Crippen LogP contribution in [-0.2, 0) is 14.3 Å². The summed E-state index contributed by atoms with van der Waals surface area (Å²) in [6.07, 6.45) is 63.8. The summed E-state index contributed by atoms with van der Waals surface area (Å²) in [6, 6.07) is -0.712. The molecule has 3 atom stereocenters. The first-order chi connectivity index (χ1) is 31.0. The molecule has 63 heavy (non-hydrogen) atoms. The highest BCUT2D eigenvalue weighted by Gasteiger charge is 2.24. The first kappa shape index (κ1) is 60.3. The van der Waals surface area contributed by atoms with E-state index >= 15 is 0 Å². The SMILES string of the molecule is CCC/C=C/C=C/C=C/C=C/C=C/CCCCCCCC(=O)OC(CCCCCCC/C=C\CCCCCC)CC(=O)NC(CO)C(O)CCCCCCCCCCCCCCC. The summed E-state index contributed by atoms with van der Waals surface area (Å²) in [5, 5.41) is 23.8. The maximum absolute atomic E-state index is 13.2. The van der Waals surface area contributed by atoms with Crippen molar-refractivity contribution in [3.8, 4) is 0 Å². The summed E-state index contributed by atoms with van der Waals surface area (Å²) in [5.74, 6) is -0.510. The number of allylic oxidation sites excluding steroid dienone is 12. The fourth-order valence-corrected chi connectivity index (χ4v) is 7.81. The first-order valence-electron chi connectivity index (χ1n) is 26.7. The maximum Gasteiger partial charge on any atom is 0.306 e. The van der Waals surface area contributed by atoms with Gasteiger partial charge in [-0.05, 0) is 70.6 Å². The molecule has 6 heteroatoms. The highest BCUT2D eigenvalue weighted by molar-refractivity contribution is 5.77. The molecular formula is C57H101NO5. The number of hydrogen-bond acceptors (Lipinski definition) is 5. The first-order valence-corrected chi connectivity index (χ1v) is 26.7. The van der Waals surface area contributed by atoms with Crippen molar-refractivity contribution in [3.05, 3.63) is 72.9 Å². The number of rotatable bonds is 47. The summed E-state index contributed by atoms with van der Waals surface area (Å²) >= 11 is 0. The maximum atomic E-state index is 13.2. The second kappa shape index (κ2) is 50.3. The van der Waals surface area contributed by atoms with Crippen LogP contribution in [0.4, 0.5) is 0 Å². The zero-order valence-corrected chi connectivity index (χ0v) is 41.4. The topological polar surface area (TPSA) is 95.9 Å². The summed E-state index contributed by atoms with van der Waals surface area (Å²) in [6.45, 7) is 6.38. The van der Waals surface area contributed by atoms with Gasteiger partial charge < -0.3 is 20.3 Å². The van der Waals surface area contributed by atoms with Crippen LogP contribution in [0, 0.1) is 0 Å². The number of amides is 1. The Balaban J connectivity index is 4.63. The molecule has 0 aromatic heterocycles. The second-order valence-corrected chi connectivity index (χ2v) is 18.0. The molecule has 6 nitrogen and oxygen atoms in total. The highest BCUT2D eigenvalue weighted by atomic mass is 16.5. The number of hydrogen-bond donors (Lipinski definition) is 3. The summed E-state index contributed by atoms with van der Waals surface area (Å²) in [5.41, 5.74) is 0. The van der Waals surface area contributed by atoms with Gasteiger partial charge in [0.1, 0.15) is 6.10 Å². The summed E-state index contributed by atoms with van der Waals surface area (Å²) < 4.78 is 5.93. The lowest BCUT2D eigenvalue weighted by Gasteiger charge is -2.24. The lowest BCUT2D eigenvalue weighted by atomic mass is 10.0. The van der Waals surface area contributed by atoms with Crippen molar-refractivity contribution in [1.82, 2.24) is 5.32 Å². The standard InChI is InChI=1S/C57H101NO5/c1-4-7-10-13-16-19-22-25-26-27-28-29-32-35-38-41-44-47-50-57(62)63-53(48-45-42-39-36-33-30-23-20-17-14-11-8-5-2)51-56(61)58-54(52-59)55(60)49-46-43-40-37-34-31-24-21-18-15-12-9-6-3/h10,13,16,19-20,22-23,25-29,53-55,59-60H,4-9,11-12,14-15,17-18,21,24,30-52H2,1-3H3,(H,58,61)/b13-10+,19-16+,23-20-,25-22+,27-26+,29-28+. The molecule has 0 saturated heterocycles. The molecule has 0 saturated carbocycles. The predicted octanol–water partition coefficient (Wildman–Crippen LogP) is 16.2. The molecule has 0 aliphatic carbocycles. The third-order valence-corrected chi connectivity index (χ3v) is 11.9.